The van der Waals surface area contributed by atoms with Crippen molar-refractivity contribution in [2.45, 2.75) is 25.9 Å². The molecule has 0 heterocycles. The zero-order valence-corrected chi connectivity index (χ0v) is 11.0. The van der Waals surface area contributed by atoms with Gasteiger partial charge in [0.2, 0.25) is 0 Å². The Morgan fingerprint density at radius 1 is 1.35 bits per heavy atom. The molecule has 17 heavy (non-hydrogen) atoms. The largest absolute Gasteiger partial charge is 0.326 e. The summed E-state index contributed by atoms with van der Waals surface area (Å²) < 4.78 is 0. The molecule has 0 spiro atoms. The molecule has 0 aliphatic rings. The average Bonchev–Trinajstić information content (AvgIpc) is 2.38. The number of ketones is 1. The quantitative estimate of drug-likeness (QED) is 0.573. The first-order chi connectivity index (χ1) is 8.19. The average molecular weight is 252 g/mol. The van der Waals surface area contributed by atoms with Gasteiger partial charge in [0, 0.05) is 12.1 Å². The van der Waals surface area contributed by atoms with E-state index in [0.717, 1.165) is 23.5 Å². The normalized spacial score (nSPS) is 12.4. The zero-order valence-electron chi connectivity index (χ0n) is 10.2. The minimum absolute atomic E-state index is 0.0188. The highest BCUT2D eigenvalue weighted by Crippen LogP contribution is 2.10. The van der Waals surface area contributed by atoms with E-state index in [1.807, 2.05) is 12.1 Å². The molecule has 0 radical (unpaired) electrons. The van der Waals surface area contributed by atoms with Crippen LogP contribution < -0.4 is 11.5 Å². The van der Waals surface area contributed by atoms with Crippen LogP contribution in [0.4, 0.5) is 0 Å². The number of rotatable bonds is 7. The van der Waals surface area contributed by atoms with E-state index in [2.05, 4.69) is 6.92 Å². The fourth-order valence-electron chi connectivity index (χ4n) is 1.50. The Balaban J connectivity index is 2.55. The van der Waals surface area contributed by atoms with Crippen LogP contribution in [0.2, 0.25) is 0 Å². The Morgan fingerprint density at radius 2 is 2.00 bits per heavy atom. The maximum absolute atomic E-state index is 12.0. The van der Waals surface area contributed by atoms with Crippen LogP contribution in [0.5, 0.6) is 0 Å². The van der Waals surface area contributed by atoms with Crippen molar-refractivity contribution in [3.8, 4) is 0 Å². The molecule has 3 nitrogen and oxygen atoms in total. The molecule has 0 amide bonds. The molecule has 0 unspecified atom stereocenters. The Labute approximate surface area is 107 Å². The minimum atomic E-state index is -0.391. The molecule has 4 N–H and O–H groups in total. The van der Waals surface area contributed by atoms with E-state index in [1.54, 1.807) is 23.9 Å². The molecular formula is C13H20N2OS. The van der Waals surface area contributed by atoms with Gasteiger partial charge in [-0.15, -0.1) is 0 Å². The van der Waals surface area contributed by atoms with E-state index in [9.17, 15) is 4.79 Å². The molecule has 0 aromatic heterocycles. The van der Waals surface area contributed by atoms with Crippen LogP contribution in [0.15, 0.2) is 24.3 Å². The molecule has 1 rings (SSSR count). The lowest BCUT2D eigenvalue weighted by Crippen LogP contribution is -2.31. The van der Waals surface area contributed by atoms with Crippen molar-refractivity contribution >= 4 is 17.5 Å². The zero-order chi connectivity index (χ0) is 12.7. The Kier molecular flexibility index (Phi) is 6.26. The van der Waals surface area contributed by atoms with Gasteiger partial charge in [0.05, 0.1) is 6.04 Å². The maximum Gasteiger partial charge on any atom is 0.179 e. The fraction of sp³-hybridized carbons (Fsp3) is 0.462. The second-order valence-electron chi connectivity index (χ2n) is 3.86. The number of hydrogen-bond acceptors (Lipinski definition) is 4. The van der Waals surface area contributed by atoms with Crippen LogP contribution in [0.3, 0.4) is 0 Å². The summed E-state index contributed by atoms with van der Waals surface area (Å²) in [6.45, 7) is 2.59. The molecular weight excluding hydrogens is 232 g/mol. The molecule has 4 heteroatoms. The van der Waals surface area contributed by atoms with Crippen LogP contribution in [-0.4, -0.2) is 23.3 Å². The topological polar surface area (TPSA) is 69.1 Å². The molecule has 0 bridgehead atoms. The SMILES string of the molecule is CCSCC[C@H](N)C(=O)c1ccc(CN)cc1. The van der Waals surface area contributed by atoms with Crippen molar-refractivity contribution in [2.24, 2.45) is 11.5 Å². The number of carbonyl (C=O) groups is 1. The highest BCUT2D eigenvalue weighted by molar-refractivity contribution is 7.99. The number of Topliss-reactive ketones (excluding diaryl/α,β-unsaturated/α-hetero) is 1. The Hall–Kier alpha value is -0.840. The summed E-state index contributed by atoms with van der Waals surface area (Å²) in [5.41, 5.74) is 13.1. The maximum atomic E-state index is 12.0. The molecule has 1 atom stereocenters. The van der Waals surface area contributed by atoms with Gasteiger partial charge in [-0.2, -0.15) is 11.8 Å². The first kappa shape index (κ1) is 14.2. The third-order valence-corrected chi connectivity index (χ3v) is 3.52. The summed E-state index contributed by atoms with van der Waals surface area (Å²) >= 11 is 1.81. The van der Waals surface area contributed by atoms with Crippen molar-refractivity contribution in [3.05, 3.63) is 35.4 Å². The van der Waals surface area contributed by atoms with E-state index in [-0.39, 0.29) is 5.78 Å². The van der Waals surface area contributed by atoms with Crippen LogP contribution >= 0.6 is 11.8 Å². The van der Waals surface area contributed by atoms with Gasteiger partial charge in [-0.25, -0.2) is 0 Å². The fourth-order valence-corrected chi connectivity index (χ4v) is 2.21. The van der Waals surface area contributed by atoms with E-state index in [0.29, 0.717) is 12.1 Å². The number of carbonyl (C=O) groups excluding carboxylic acids is 1. The Morgan fingerprint density at radius 3 is 2.53 bits per heavy atom. The van der Waals surface area contributed by atoms with Gasteiger partial charge >= 0.3 is 0 Å². The summed E-state index contributed by atoms with van der Waals surface area (Å²) in [5.74, 6) is 2.02. The van der Waals surface area contributed by atoms with Crippen LogP contribution in [0, 0.1) is 0 Å². The van der Waals surface area contributed by atoms with Gasteiger partial charge in [0.15, 0.2) is 5.78 Å². The second-order valence-corrected chi connectivity index (χ2v) is 5.25. The molecule has 0 aliphatic carbocycles. The summed E-state index contributed by atoms with van der Waals surface area (Å²) in [7, 11) is 0. The lowest BCUT2D eigenvalue weighted by molar-refractivity contribution is 0.0960. The number of benzene rings is 1. The summed E-state index contributed by atoms with van der Waals surface area (Å²) in [6.07, 6.45) is 0.732. The lowest BCUT2D eigenvalue weighted by atomic mass is 10.0. The standard InChI is InChI=1S/C13H20N2OS/c1-2-17-8-7-12(15)13(16)11-5-3-10(9-14)4-6-11/h3-6,12H,2,7-9,14-15H2,1H3/t12-/m0/s1. The molecule has 1 aromatic carbocycles. The first-order valence-electron chi connectivity index (χ1n) is 5.85. The van der Waals surface area contributed by atoms with E-state index < -0.39 is 6.04 Å². The van der Waals surface area contributed by atoms with Crippen LogP contribution in [0.1, 0.15) is 29.3 Å². The summed E-state index contributed by atoms with van der Waals surface area (Å²) in [4.78, 5) is 12.0. The van der Waals surface area contributed by atoms with Crippen LogP contribution in [0.25, 0.3) is 0 Å². The van der Waals surface area contributed by atoms with Gasteiger partial charge < -0.3 is 11.5 Å². The molecule has 0 saturated heterocycles. The summed E-state index contributed by atoms with van der Waals surface area (Å²) in [6, 6.07) is 6.97. The van der Waals surface area contributed by atoms with Crippen LogP contribution in [-0.2, 0) is 6.54 Å². The lowest BCUT2D eigenvalue weighted by Gasteiger charge is -2.10. The van der Waals surface area contributed by atoms with Gasteiger partial charge in [-0.05, 0) is 23.5 Å². The van der Waals surface area contributed by atoms with E-state index >= 15 is 0 Å². The number of thioether (sulfide) groups is 1. The van der Waals surface area contributed by atoms with Gasteiger partial charge in [0.25, 0.3) is 0 Å². The second kappa shape index (κ2) is 7.48. The van der Waals surface area contributed by atoms with Crippen molar-refractivity contribution in [2.75, 3.05) is 11.5 Å². The Bertz CT molecular complexity index is 351. The molecule has 0 aliphatic heterocycles. The van der Waals surface area contributed by atoms with Gasteiger partial charge in [0.1, 0.15) is 0 Å². The van der Waals surface area contributed by atoms with E-state index in [4.69, 9.17) is 11.5 Å². The van der Waals surface area contributed by atoms with Crippen molar-refractivity contribution < 1.29 is 4.79 Å². The van der Waals surface area contributed by atoms with E-state index in [1.165, 1.54) is 0 Å². The van der Waals surface area contributed by atoms with Crippen molar-refractivity contribution in [1.82, 2.24) is 0 Å². The van der Waals surface area contributed by atoms with Crippen molar-refractivity contribution in [3.63, 3.8) is 0 Å². The molecule has 94 valence electrons. The smallest absolute Gasteiger partial charge is 0.179 e. The monoisotopic (exact) mass is 252 g/mol. The van der Waals surface area contributed by atoms with Gasteiger partial charge in [-0.1, -0.05) is 31.2 Å². The van der Waals surface area contributed by atoms with Gasteiger partial charge in [-0.3, -0.25) is 4.79 Å². The number of nitrogens with two attached hydrogens (primary N) is 2. The predicted molar refractivity (Wildman–Crippen MR) is 74.3 cm³/mol. The highest BCUT2D eigenvalue weighted by atomic mass is 32.2. The number of hydrogen-bond donors (Lipinski definition) is 2. The predicted octanol–water partition coefficient (Wildman–Crippen LogP) is 1.80. The molecule has 0 saturated carbocycles. The third-order valence-electron chi connectivity index (χ3n) is 2.59. The first-order valence-corrected chi connectivity index (χ1v) is 7.01. The molecule has 1 aromatic rings. The third kappa shape index (κ3) is 4.50. The minimum Gasteiger partial charge on any atom is -0.326 e. The molecule has 0 fully saturated rings. The van der Waals surface area contributed by atoms with Crippen molar-refractivity contribution in [1.29, 1.82) is 0 Å². The highest BCUT2D eigenvalue weighted by Gasteiger charge is 2.14. The summed E-state index contributed by atoms with van der Waals surface area (Å²) in [5, 5.41) is 0.